The smallest absolute Gasteiger partial charge is 0.550 e. The quantitative estimate of drug-likeness (QED) is 0.492. The predicted molar refractivity (Wildman–Crippen MR) is 59.4 cm³/mol. The summed E-state index contributed by atoms with van der Waals surface area (Å²) in [6.45, 7) is 0. The molecule has 2 rings (SSSR count). The van der Waals surface area contributed by atoms with Crippen LogP contribution >= 0.6 is 0 Å². The SMILES string of the molecule is COc1c[c-]nc(-c2ccccn2)c1OC.[Li+]. The normalized spacial score (nSPS) is 9.29. The molecule has 0 fully saturated rings. The maximum absolute atomic E-state index is 5.27. The number of nitrogens with zero attached hydrogens (tertiary/aromatic N) is 2. The minimum absolute atomic E-state index is 0. The summed E-state index contributed by atoms with van der Waals surface area (Å²) >= 11 is 0. The Hall–Kier alpha value is -1.50. The van der Waals surface area contributed by atoms with Gasteiger partial charge in [-0.1, -0.05) is 12.3 Å². The van der Waals surface area contributed by atoms with Gasteiger partial charge in [0.2, 0.25) is 0 Å². The molecule has 0 atom stereocenters. The molecule has 4 nitrogen and oxygen atoms in total. The van der Waals surface area contributed by atoms with Crippen molar-refractivity contribution in [3.63, 3.8) is 0 Å². The van der Waals surface area contributed by atoms with Gasteiger partial charge < -0.3 is 14.5 Å². The molecule has 0 aromatic carbocycles. The van der Waals surface area contributed by atoms with Crippen molar-refractivity contribution >= 4 is 0 Å². The Morgan fingerprint density at radius 1 is 1.18 bits per heavy atom. The molecule has 0 unspecified atom stereocenters. The van der Waals surface area contributed by atoms with Crippen molar-refractivity contribution in [1.82, 2.24) is 9.97 Å². The second-order valence-corrected chi connectivity index (χ2v) is 3.05. The van der Waals surface area contributed by atoms with Crippen molar-refractivity contribution in [3.05, 3.63) is 36.7 Å². The van der Waals surface area contributed by atoms with E-state index in [0.29, 0.717) is 17.2 Å². The summed E-state index contributed by atoms with van der Waals surface area (Å²) in [5.74, 6) is 1.16. The number of aromatic nitrogens is 2. The minimum atomic E-state index is 0. The molecule has 0 aliphatic carbocycles. The molecule has 0 radical (unpaired) electrons. The molecule has 0 saturated heterocycles. The van der Waals surface area contributed by atoms with Crippen LogP contribution in [0.15, 0.2) is 30.5 Å². The molecular weight excluding hydrogens is 211 g/mol. The van der Waals surface area contributed by atoms with Gasteiger partial charge in [0.25, 0.3) is 0 Å². The molecule has 0 spiro atoms. The van der Waals surface area contributed by atoms with E-state index in [1.165, 1.54) is 0 Å². The second-order valence-electron chi connectivity index (χ2n) is 3.05. The fourth-order valence-electron chi connectivity index (χ4n) is 1.41. The number of ether oxygens (including phenoxy) is 2. The first-order valence-corrected chi connectivity index (χ1v) is 4.77. The topological polar surface area (TPSA) is 44.2 Å². The molecule has 2 heterocycles. The van der Waals surface area contributed by atoms with Crippen molar-refractivity contribution in [2.75, 3.05) is 14.2 Å². The van der Waals surface area contributed by atoms with Gasteiger partial charge in [0.05, 0.1) is 25.7 Å². The van der Waals surface area contributed by atoms with Crippen LogP contribution in [0.25, 0.3) is 11.4 Å². The van der Waals surface area contributed by atoms with Crippen molar-refractivity contribution < 1.29 is 28.3 Å². The molecule has 0 amide bonds. The van der Waals surface area contributed by atoms with Gasteiger partial charge >= 0.3 is 18.9 Å². The molecule has 0 aliphatic heterocycles. The van der Waals surface area contributed by atoms with Crippen molar-refractivity contribution in [3.8, 4) is 22.9 Å². The fourth-order valence-corrected chi connectivity index (χ4v) is 1.41. The standard InChI is InChI=1S/C12H11N2O2.Li/c1-15-10-6-8-14-11(12(10)16-2)9-5-3-4-7-13-9;/h3-7H,1-2H3;/q-1;+1. The summed E-state index contributed by atoms with van der Waals surface area (Å²) in [5, 5.41) is 0. The molecule has 2 aromatic heterocycles. The van der Waals surface area contributed by atoms with Gasteiger partial charge in [-0.2, -0.15) is 0 Å². The monoisotopic (exact) mass is 222 g/mol. The van der Waals surface area contributed by atoms with Crippen molar-refractivity contribution in [1.29, 1.82) is 0 Å². The van der Waals surface area contributed by atoms with E-state index in [1.807, 2.05) is 18.2 Å². The predicted octanol–water partition coefficient (Wildman–Crippen LogP) is -1.04. The van der Waals surface area contributed by atoms with Crippen LogP contribution in [0.3, 0.4) is 0 Å². The summed E-state index contributed by atoms with van der Waals surface area (Å²) in [7, 11) is 3.15. The molecule has 5 heteroatoms. The zero-order valence-corrected chi connectivity index (χ0v) is 10.1. The van der Waals surface area contributed by atoms with Gasteiger partial charge in [-0.25, -0.2) is 0 Å². The maximum Gasteiger partial charge on any atom is 1.00 e. The Bertz CT molecular complexity index is 477. The van der Waals surface area contributed by atoms with Crippen LogP contribution in [0.1, 0.15) is 0 Å². The van der Waals surface area contributed by atoms with Gasteiger partial charge in [-0.3, -0.25) is 4.98 Å². The molecule has 2 aromatic rings. The van der Waals surface area contributed by atoms with Crippen LogP contribution in [0.5, 0.6) is 11.5 Å². The van der Waals surface area contributed by atoms with E-state index in [0.717, 1.165) is 5.69 Å². The third-order valence-electron chi connectivity index (χ3n) is 2.14. The fraction of sp³-hybridized carbons (Fsp3) is 0.167. The van der Waals surface area contributed by atoms with E-state index in [1.54, 1.807) is 26.5 Å². The van der Waals surface area contributed by atoms with Gasteiger partial charge in [-0.15, -0.1) is 6.07 Å². The molecule has 0 N–H and O–H groups in total. The second kappa shape index (κ2) is 6.29. The zero-order chi connectivity index (χ0) is 11.4. The Kier molecular flexibility index (Phi) is 5.01. The summed E-state index contributed by atoms with van der Waals surface area (Å²) in [6, 6.07) is 7.23. The van der Waals surface area contributed by atoms with Crippen LogP contribution in [0, 0.1) is 6.20 Å². The van der Waals surface area contributed by atoms with E-state index in [9.17, 15) is 0 Å². The number of methoxy groups -OCH3 is 2. The first kappa shape index (κ1) is 13.6. The van der Waals surface area contributed by atoms with Gasteiger partial charge in [0.15, 0.2) is 0 Å². The van der Waals surface area contributed by atoms with Crippen LogP contribution in [0.2, 0.25) is 0 Å². The van der Waals surface area contributed by atoms with Gasteiger partial charge in [0, 0.05) is 17.6 Å². The van der Waals surface area contributed by atoms with E-state index < -0.39 is 0 Å². The van der Waals surface area contributed by atoms with E-state index >= 15 is 0 Å². The Labute approximate surface area is 112 Å². The zero-order valence-electron chi connectivity index (χ0n) is 10.1. The Morgan fingerprint density at radius 3 is 2.59 bits per heavy atom. The third-order valence-corrected chi connectivity index (χ3v) is 2.14. The Balaban J connectivity index is 0.00000144. The maximum atomic E-state index is 5.27. The van der Waals surface area contributed by atoms with Crippen molar-refractivity contribution in [2.45, 2.75) is 0 Å². The summed E-state index contributed by atoms with van der Waals surface area (Å²) < 4.78 is 10.4. The molecule has 0 bridgehead atoms. The van der Waals surface area contributed by atoms with Crippen LogP contribution in [0.4, 0.5) is 0 Å². The molecule has 82 valence electrons. The van der Waals surface area contributed by atoms with E-state index in [-0.39, 0.29) is 18.9 Å². The average Bonchev–Trinajstić information content (AvgIpc) is 2.38. The molecule has 17 heavy (non-hydrogen) atoms. The minimum Gasteiger partial charge on any atom is -0.550 e. The molecule has 0 saturated carbocycles. The number of hydrogen-bond acceptors (Lipinski definition) is 4. The summed E-state index contributed by atoms with van der Waals surface area (Å²) in [4.78, 5) is 8.35. The average molecular weight is 222 g/mol. The first-order valence-electron chi connectivity index (χ1n) is 4.77. The third kappa shape index (κ3) is 2.79. The summed E-state index contributed by atoms with van der Waals surface area (Å²) in [6.07, 6.45) is 4.46. The first-order chi connectivity index (χ1) is 7.86. The van der Waals surface area contributed by atoms with Crippen molar-refractivity contribution in [2.24, 2.45) is 0 Å². The number of hydrogen-bond donors (Lipinski definition) is 0. The Morgan fingerprint density at radius 2 is 2.00 bits per heavy atom. The number of rotatable bonds is 3. The van der Waals surface area contributed by atoms with Gasteiger partial charge in [0.1, 0.15) is 0 Å². The molecule has 0 aliphatic rings. The van der Waals surface area contributed by atoms with E-state index in [4.69, 9.17) is 9.47 Å². The van der Waals surface area contributed by atoms with Crippen LogP contribution in [-0.2, 0) is 0 Å². The molecular formula is C12H11LiN2O2. The van der Waals surface area contributed by atoms with Crippen LogP contribution in [-0.4, -0.2) is 24.2 Å². The largest absolute Gasteiger partial charge is 1.00 e. The van der Waals surface area contributed by atoms with Gasteiger partial charge in [-0.05, 0) is 12.1 Å². The van der Waals surface area contributed by atoms with Crippen LogP contribution < -0.4 is 28.3 Å². The number of pyridine rings is 2. The van der Waals surface area contributed by atoms with E-state index in [2.05, 4.69) is 16.2 Å². The summed E-state index contributed by atoms with van der Waals surface area (Å²) in [5.41, 5.74) is 1.36.